The van der Waals surface area contributed by atoms with Crippen molar-refractivity contribution in [2.75, 3.05) is 37.7 Å². The lowest BCUT2D eigenvalue weighted by atomic mass is 9.93. The molecule has 1 aromatic carbocycles. The minimum absolute atomic E-state index is 0.770. The molecule has 0 radical (unpaired) electrons. The molecule has 5 nitrogen and oxygen atoms in total. The molecule has 1 saturated heterocycles. The molecule has 0 bridgehead atoms. The van der Waals surface area contributed by atoms with E-state index in [4.69, 9.17) is 4.74 Å². The lowest BCUT2D eigenvalue weighted by molar-refractivity contribution is 0.122. The van der Waals surface area contributed by atoms with Crippen LogP contribution >= 0.6 is 0 Å². The number of hydrogen-bond donors (Lipinski definition) is 1. The van der Waals surface area contributed by atoms with E-state index in [-0.39, 0.29) is 0 Å². The Labute approximate surface area is 130 Å². The number of aromatic nitrogens is 2. The third-order valence-electron chi connectivity index (χ3n) is 4.40. The zero-order valence-electron chi connectivity index (χ0n) is 12.6. The Morgan fingerprint density at radius 2 is 2.05 bits per heavy atom. The lowest BCUT2D eigenvalue weighted by Gasteiger charge is -2.28. The fourth-order valence-electron chi connectivity index (χ4n) is 3.23. The van der Waals surface area contributed by atoms with Gasteiger partial charge in [-0.2, -0.15) is 0 Å². The summed E-state index contributed by atoms with van der Waals surface area (Å²) in [5.41, 5.74) is 5.08. The first kappa shape index (κ1) is 13.7. The number of morpholine rings is 1. The first-order valence-electron chi connectivity index (χ1n) is 7.88. The van der Waals surface area contributed by atoms with Crippen LogP contribution < -0.4 is 10.2 Å². The van der Waals surface area contributed by atoms with Gasteiger partial charge in [0.05, 0.1) is 18.9 Å². The zero-order chi connectivity index (χ0) is 14.8. The van der Waals surface area contributed by atoms with E-state index in [1.807, 2.05) is 0 Å². The highest BCUT2D eigenvalue weighted by Crippen LogP contribution is 2.28. The van der Waals surface area contributed by atoms with Crippen molar-refractivity contribution < 1.29 is 4.74 Å². The first-order valence-corrected chi connectivity index (χ1v) is 7.88. The maximum Gasteiger partial charge on any atom is 0.132 e. The Hall–Kier alpha value is -1.98. The molecule has 4 rings (SSSR count). The predicted octanol–water partition coefficient (Wildman–Crippen LogP) is 1.63. The molecular formula is C17H20N4O. The third-order valence-corrected chi connectivity index (χ3v) is 4.40. The summed E-state index contributed by atoms with van der Waals surface area (Å²) in [7, 11) is 0. The van der Waals surface area contributed by atoms with Crippen LogP contribution in [-0.4, -0.2) is 42.8 Å². The highest BCUT2D eigenvalue weighted by atomic mass is 16.5. The Balaban J connectivity index is 1.71. The van der Waals surface area contributed by atoms with Crippen LogP contribution in [0.3, 0.4) is 0 Å². The molecule has 0 spiro atoms. The Bertz CT molecular complexity index is 667. The number of ether oxygens (including phenoxy) is 1. The first-order chi connectivity index (χ1) is 10.9. The number of hydrogen-bond acceptors (Lipinski definition) is 5. The molecule has 3 heterocycles. The van der Waals surface area contributed by atoms with Crippen LogP contribution in [0.2, 0.25) is 0 Å². The second kappa shape index (κ2) is 6.02. The molecule has 114 valence electrons. The molecule has 0 aliphatic carbocycles. The van der Waals surface area contributed by atoms with Gasteiger partial charge in [0.25, 0.3) is 0 Å². The van der Waals surface area contributed by atoms with Gasteiger partial charge in [-0.3, -0.25) is 0 Å². The van der Waals surface area contributed by atoms with Crippen LogP contribution in [-0.2, 0) is 17.7 Å². The Morgan fingerprint density at radius 3 is 2.95 bits per heavy atom. The van der Waals surface area contributed by atoms with Gasteiger partial charge >= 0.3 is 0 Å². The Morgan fingerprint density at radius 1 is 1.14 bits per heavy atom. The predicted molar refractivity (Wildman–Crippen MR) is 85.9 cm³/mol. The van der Waals surface area contributed by atoms with Gasteiger partial charge in [-0.05, 0) is 24.1 Å². The molecule has 1 fully saturated rings. The number of nitrogens with zero attached hydrogens (tertiary/aromatic N) is 3. The maximum atomic E-state index is 5.42. The number of anilines is 1. The van der Waals surface area contributed by atoms with Crippen LogP contribution in [0, 0.1) is 0 Å². The molecule has 2 aliphatic heterocycles. The normalized spacial score (nSPS) is 18.1. The summed E-state index contributed by atoms with van der Waals surface area (Å²) in [5.74, 6) is 1.000. The molecule has 0 unspecified atom stereocenters. The van der Waals surface area contributed by atoms with Gasteiger partial charge in [0.1, 0.15) is 12.1 Å². The SMILES string of the molecule is c1cc2c(c(-c3cc(N4CCOCC4)ncn3)c1)CCNC2. The van der Waals surface area contributed by atoms with Crippen LogP contribution in [0.4, 0.5) is 5.82 Å². The van der Waals surface area contributed by atoms with Gasteiger partial charge in [0, 0.05) is 31.3 Å². The van der Waals surface area contributed by atoms with Crippen molar-refractivity contribution in [1.29, 1.82) is 0 Å². The average Bonchev–Trinajstić information content (AvgIpc) is 2.62. The van der Waals surface area contributed by atoms with Gasteiger partial charge in [0.2, 0.25) is 0 Å². The summed E-state index contributed by atoms with van der Waals surface area (Å²) in [6.07, 6.45) is 2.74. The second-order valence-electron chi connectivity index (χ2n) is 5.73. The standard InChI is InChI=1S/C17H20N4O/c1-2-13-11-18-5-4-14(13)15(3-1)16-10-17(20-12-19-16)21-6-8-22-9-7-21/h1-3,10,12,18H,4-9,11H2. The molecular weight excluding hydrogens is 276 g/mol. The summed E-state index contributed by atoms with van der Waals surface area (Å²) >= 11 is 0. The van der Waals surface area contributed by atoms with E-state index in [0.717, 1.165) is 57.3 Å². The Kier molecular flexibility index (Phi) is 3.74. The van der Waals surface area contributed by atoms with Crippen molar-refractivity contribution in [3.8, 4) is 11.3 Å². The molecule has 0 amide bonds. The van der Waals surface area contributed by atoms with E-state index >= 15 is 0 Å². The average molecular weight is 296 g/mol. The number of nitrogens with one attached hydrogen (secondary N) is 1. The number of benzene rings is 1. The highest BCUT2D eigenvalue weighted by Gasteiger charge is 2.17. The van der Waals surface area contributed by atoms with E-state index in [2.05, 4.69) is 44.5 Å². The van der Waals surface area contributed by atoms with Crippen molar-refractivity contribution in [1.82, 2.24) is 15.3 Å². The highest BCUT2D eigenvalue weighted by molar-refractivity contribution is 5.68. The summed E-state index contributed by atoms with van der Waals surface area (Å²) in [5, 5.41) is 3.43. The summed E-state index contributed by atoms with van der Waals surface area (Å²) in [6.45, 7) is 5.31. The minimum Gasteiger partial charge on any atom is -0.378 e. The van der Waals surface area contributed by atoms with Crippen LogP contribution in [0.15, 0.2) is 30.6 Å². The summed E-state index contributed by atoms with van der Waals surface area (Å²) < 4.78 is 5.42. The molecule has 2 aliphatic rings. The minimum atomic E-state index is 0.770. The fourth-order valence-corrected chi connectivity index (χ4v) is 3.23. The maximum absolute atomic E-state index is 5.42. The topological polar surface area (TPSA) is 50.3 Å². The summed E-state index contributed by atoms with van der Waals surface area (Å²) in [4.78, 5) is 11.2. The van der Waals surface area contributed by atoms with E-state index in [1.54, 1.807) is 6.33 Å². The van der Waals surface area contributed by atoms with Gasteiger partial charge < -0.3 is 15.0 Å². The van der Waals surface area contributed by atoms with Crippen molar-refractivity contribution in [2.24, 2.45) is 0 Å². The van der Waals surface area contributed by atoms with E-state index in [9.17, 15) is 0 Å². The van der Waals surface area contributed by atoms with Gasteiger partial charge in [-0.1, -0.05) is 18.2 Å². The van der Waals surface area contributed by atoms with Crippen LogP contribution in [0.25, 0.3) is 11.3 Å². The fraction of sp³-hybridized carbons (Fsp3) is 0.412. The van der Waals surface area contributed by atoms with E-state index < -0.39 is 0 Å². The smallest absolute Gasteiger partial charge is 0.132 e. The monoisotopic (exact) mass is 296 g/mol. The van der Waals surface area contributed by atoms with Crippen molar-refractivity contribution >= 4 is 5.82 Å². The largest absolute Gasteiger partial charge is 0.378 e. The van der Waals surface area contributed by atoms with Crippen molar-refractivity contribution in [3.63, 3.8) is 0 Å². The molecule has 0 atom stereocenters. The zero-order valence-corrected chi connectivity index (χ0v) is 12.6. The number of fused-ring (bicyclic) bond motifs is 1. The van der Waals surface area contributed by atoms with E-state index in [0.29, 0.717) is 0 Å². The molecule has 22 heavy (non-hydrogen) atoms. The quantitative estimate of drug-likeness (QED) is 0.913. The number of rotatable bonds is 2. The molecule has 1 aromatic heterocycles. The van der Waals surface area contributed by atoms with Crippen molar-refractivity contribution in [2.45, 2.75) is 13.0 Å². The van der Waals surface area contributed by atoms with Crippen LogP contribution in [0.1, 0.15) is 11.1 Å². The van der Waals surface area contributed by atoms with Gasteiger partial charge in [-0.25, -0.2) is 9.97 Å². The second-order valence-corrected chi connectivity index (χ2v) is 5.73. The molecule has 2 aromatic rings. The molecule has 0 saturated carbocycles. The lowest BCUT2D eigenvalue weighted by Crippen LogP contribution is -2.36. The van der Waals surface area contributed by atoms with E-state index in [1.165, 1.54) is 16.7 Å². The molecule has 5 heteroatoms. The third kappa shape index (κ3) is 2.58. The molecule has 1 N–H and O–H groups in total. The summed E-state index contributed by atoms with van der Waals surface area (Å²) in [6, 6.07) is 8.62. The van der Waals surface area contributed by atoms with Gasteiger partial charge in [0.15, 0.2) is 0 Å². The van der Waals surface area contributed by atoms with Crippen LogP contribution in [0.5, 0.6) is 0 Å². The van der Waals surface area contributed by atoms with Gasteiger partial charge in [-0.15, -0.1) is 0 Å². The van der Waals surface area contributed by atoms with Crippen molar-refractivity contribution in [3.05, 3.63) is 41.7 Å².